The average Bonchev–Trinajstić information content (AvgIpc) is 2.51. The highest BCUT2D eigenvalue weighted by molar-refractivity contribution is 6.36. The monoisotopic (exact) mass is 382 g/mol. The van der Waals surface area contributed by atoms with Gasteiger partial charge in [0, 0.05) is 11.1 Å². The molecular weight excluding hydrogens is 373 g/mol. The van der Waals surface area contributed by atoms with Gasteiger partial charge in [0.15, 0.2) is 5.78 Å². The van der Waals surface area contributed by atoms with Gasteiger partial charge in [0.2, 0.25) is 5.43 Å². The van der Waals surface area contributed by atoms with E-state index in [1.807, 2.05) is 0 Å². The number of rotatable bonds is 3. The predicted octanol–water partition coefficient (Wildman–Crippen LogP) is 5.06. The molecule has 25 heavy (non-hydrogen) atoms. The molecule has 2 aromatic carbocycles. The van der Waals surface area contributed by atoms with Gasteiger partial charge in [0.1, 0.15) is 23.0 Å². The summed E-state index contributed by atoms with van der Waals surface area (Å²) in [5.74, 6) is -2.47. The fourth-order valence-electron chi connectivity index (χ4n) is 2.47. The van der Waals surface area contributed by atoms with Crippen LogP contribution in [0.15, 0.2) is 35.1 Å². The van der Waals surface area contributed by atoms with E-state index in [1.54, 1.807) is 6.07 Å². The Labute approximate surface area is 150 Å². The van der Waals surface area contributed by atoms with Gasteiger partial charge >= 0.3 is 0 Å². The number of halogens is 4. The number of hydrogen-bond acceptors (Lipinski definition) is 3. The van der Waals surface area contributed by atoms with Crippen LogP contribution in [0, 0.1) is 11.6 Å². The Morgan fingerprint density at radius 1 is 1.16 bits per heavy atom. The summed E-state index contributed by atoms with van der Waals surface area (Å²) in [5.41, 5.74) is -0.911. The number of hydrogen-bond donors (Lipinski definition) is 2. The summed E-state index contributed by atoms with van der Waals surface area (Å²) in [7, 11) is 0. The average molecular weight is 383 g/mol. The lowest BCUT2D eigenvalue weighted by molar-refractivity contribution is 0.101. The quantitative estimate of drug-likeness (QED) is 0.622. The first kappa shape index (κ1) is 17.4. The second-order valence-corrected chi connectivity index (χ2v) is 6.16. The summed E-state index contributed by atoms with van der Waals surface area (Å²) in [4.78, 5) is 27.1. The molecule has 128 valence electrons. The third-order valence-electron chi connectivity index (χ3n) is 3.57. The van der Waals surface area contributed by atoms with Crippen molar-refractivity contribution in [2.45, 2.75) is 6.92 Å². The summed E-state index contributed by atoms with van der Waals surface area (Å²) in [6.07, 6.45) is 0. The van der Waals surface area contributed by atoms with E-state index in [0.717, 1.165) is 6.07 Å². The largest absolute Gasteiger partial charge is 0.340 e. The molecule has 0 aliphatic rings. The first-order valence-corrected chi connectivity index (χ1v) is 7.81. The predicted molar refractivity (Wildman–Crippen MR) is 94.2 cm³/mol. The maximum absolute atomic E-state index is 14.0. The van der Waals surface area contributed by atoms with Crippen molar-refractivity contribution in [1.82, 2.24) is 4.98 Å². The molecule has 0 aliphatic carbocycles. The smallest absolute Gasteiger partial charge is 0.202 e. The molecule has 4 nitrogen and oxygen atoms in total. The highest BCUT2D eigenvalue weighted by Crippen LogP contribution is 2.29. The highest BCUT2D eigenvalue weighted by atomic mass is 35.5. The fraction of sp³-hybridized carbons (Fsp3) is 0.0588. The SMILES string of the molecule is CC(=O)c1c(Nc2ccc(Cl)cc2Cl)[nH]c2c(F)cc(F)cc2c1=O. The van der Waals surface area contributed by atoms with Crippen LogP contribution in [0.4, 0.5) is 20.3 Å². The number of Topliss-reactive ketones (excluding diaryl/α,β-unsaturated/α-hetero) is 1. The molecule has 2 N–H and O–H groups in total. The molecule has 8 heteroatoms. The minimum absolute atomic E-state index is 0.0419. The Morgan fingerprint density at radius 2 is 1.88 bits per heavy atom. The summed E-state index contributed by atoms with van der Waals surface area (Å²) >= 11 is 11.9. The number of carbonyl (C=O) groups is 1. The van der Waals surface area contributed by atoms with Gasteiger partial charge < -0.3 is 10.3 Å². The summed E-state index contributed by atoms with van der Waals surface area (Å²) in [5, 5.41) is 3.18. The van der Waals surface area contributed by atoms with Crippen LogP contribution in [0.5, 0.6) is 0 Å². The Hall–Kier alpha value is -2.44. The molecule has 0 bridgehead atoms. The second-order valence-electron chi connectivity index (χ2n) is 5.32. The van der Waals surface area contributed by atoms with Gasteiger partial charge in [-0.3, -0.25) is 9.59 Å². The molecule has 0 aliphatic heterocycles. The zero-order valence-electron chi connectivity index (χ0n) is 12.7. The van der Waals surface area contributed by atoms with E-state index in [4.69, 9.17) is 23.2 Å². The number of ketones is 1. The molecule has 0 saturated heterocycles. The Morgan fingerprint density at radius 3 is 2.52 bits per heavy atom. The topological polar surface area (TPSA) is 62.0 Å². The first-order chi connectivity index (χ1) is 11.8. The second kappa shape index (κ2) is 6.46. The number of anilines is 2. The van der Waals surface area contributed by atoms with Gasteiger partial charge in [-0.05, 0) is 31.2 Å². The van der Waals surface area contributed by atoms with E-state index in [-0.39, 0.29) is 27.3 Å². The van der Waals surface area contributed by atoms with Crippen LogP contribution in [0.25, 0.3) is 10.9 Å². The molecule has 0 atom stereocenters. The van der Waals surface area contributed by atoms with Crippen molar-refractivity contribution in [3.05, 3.63) is 67.8 Å². The lowest BCUT2D eigenvalue weighted by atomic mass is 10.1. The molecule has 3 aromatic rings. The van der Waals surface area contributed by atoms with Gasteiger partial charge in [-0.15, -0.1) is 0 Å². The van der Waals surface area contributed by atoms with Crippen LogP contribution in [-0.2, 0) is 0 Å². The lowest BCUT2D eigenvalue weighted by Gasteiger charge is -2.13. The molecular formula is C17H10Cl2F2N2O2. The van der Waals surface area contributed by atoms with Crippen molar-refractivity contribution in [3.63, 3.8) is 0 Å². The van der Waals surface area contributed by atoms with E-state index in [9.17, 15) is 18.4 Å². The minimum Gasteiger partial charge on any atom is -0.340 e. The molecule has 1 aromatic heterocycles. The number of nitrogens with one attached hydrogen (secondary N) is 2. The molecule has 0 unspecified atom stereocenters. The van der Waals surface area contributed by atoms with Gasteiger partial charge in [-0.2, -0.15) is 0 Å². The van der Waals surface area contributed by atoms with E-state index >= 15 is 0 Å². The summed E-state index contributed by atoms with van der Waals surface area (Å²) in [6.45, 7) is 1.18. The standard InChI is InChI=1S/C17H10Cl2F2N2O2/c1-7(24)14-16(25)10-5-9(20)6-12(21)15(10)23-17(14)22-13-3-2-8(18)4-11(13)19/h2-6H,1H3,(H2,22,23,25). The number of pyridine rings is 1. The summed E-state index contributed by atoms with van der Waals surface area (Å²) in [6, 6.07) is 6.08. The first-order valence-electron chi connectivity index (χ1n) is 7.06. The van der Waals surface area contributed by atoms with Crippen LogP contribution in [0.1, 0.15) is 17.3 Å². The number of carbonyl (C=O) groups excluding carboxylic acids is 1. The van der Waals surface area contributed by atoms with Crippen LogP contribution < -0.4 is 10.7 Å². The third kappa shape index (κ3) is 3.23. The zero-order valence-corrected chi connectivity index (χ0v) is 14.2. The van der Waals surface area contributed by atoms with Crippen LogP contribution in [0.3, 0.4) is 0 Å². The number of benzene rings is 2. The molecule has 3 rings (SSSR count). The maximum Gasteiger partial charge on any atom is 0.202 e. The molecule has 0 amide bonds. The van der Waals surface area contributed by atoms with E-state index in [0.29, 0.717) is 16.8 Å². The summed E-state index contributed by atoms with van der Waals surface area (Å²) < 4.78 is 27.5. The Balaban J connectivity index is 2.28. The van der Waals surface area contributed by atoms with E-state index < -0.39 is 22.8 Å². The van der Waals surface area contributed by atoms with E-state index in [1.165, 1.54) is 19.1 Å². The van der Waals surface area contributed by atoms with Crippen molar-refractivity contribution in [2.24, 2.45) is 0 Å². The van der Waals surface area contributed by atoms with E-state index in [2.05, 4.69) is 10.3 Å². The highest BCUT2D eigenvalue weighted by Gasteiger charge is 2.19. The number of aromatic nitrogens is 1. The molecule has 0 radical (unpaired) electrons. The Kier molecular flexibility index (Phi) is 4.49. The minimum atomic E-state index is -0.951. The Bertz CT molecular complexity index is 1080. The maximum atomic E-state index is 14.0. The van der Waals surface area contributed by atoms with Crippen LogP contribution >= 0.6 is 23.2 Å². The number of H-pyrrole nitrogens is 1. The third-order valence-corrected chi connectivity index (χ3v) is 4.12. The molecule has 0 spiro atoms. The lowest BCUT2D eigenvalue weighted by Crippen LogP contribution is -2.18. The van der Waals surface area contributed by atoms with Crippen molar-refractivity contribution >= 4 is 51.4 Å². The van der Waals surface area contributed by atoms with Gasteiger partial charge in [0.25, 0.3) is 0 Å². The zero-order chi connectivity index (χ0) is 18.3. The van der Waals surface area contributed by atoms with Crippen molar-refractivity contribution < 1.29 is 13.6 Å². The van der Waals surface area contributed by atoms with Crippen molar-refractivity contribution in [2.75, 3.05) is 5.32 Å². The molecule has 1 heterocycles. The van der Waals surface area contributed by atoms with Crippen LogP contribution in [0.2, 0.25) is 10.0 Å². The van der Waals surface area contributed by atoms with Gasteiger partial charge in [-0.25, -0.2) is 8.78 Å². The van der Waals surface area contributed by atoms with Crippen LogP contribution in [-0.4, -0.2) is 10.8 Å². The van der Waals surface area contributed by atoms with Gasteiger partial charge in [-0.1, -0.05) is 23.2 Å². The number of aromatic amines is 1. The molecule has 0 fully saturated rings. The van der Waals surface area contributed by atoms with Crippen molar-refractivity contribution in [3.8, 4) is 0 Å². The number of fused-ring (bicyclic) bond motifs is 1. The molecule has 0 saturated carbocycles. The fourth-order valence-corrected chi connectivity index (χ4v) is 2.93. The van der Waals surface area contributed by atoms with Gasteiger partial charge in [0.05, 0.1) is 21.6 Å². The van der Waals surface area contributed by atoms with Crippen molar-refractivity contribution in [1.29, 1.82) is 0 Å². The normalized spacial score (nSPS) is 10.9.